The first-order valence-corrected chi connectivity index (χ1v) is 8.39. The average Bonchev–Trinajstić information content (AvgIpc) is 3.06. The van der Waals surface area contributed by atoms with Gasteiger partial charge in [-0.3, -0.25) is 9.48 Å². The molecule has 0 bridgehead atoms. The second kappa shape index (κ2) is 7.03. The minimum absolute atomic E-state index is 0.265. The molecule has 1 aliphatic carbocycles. The summed E-state index contributed by atoms with van der Waals surface area (Å²) >= 11 is 0. The van der Waals surface area contributed by atoms with Crippen molar-refractivity contribution in [3.05, 3.63) is 53.0 Å². The number of ether oxygens (including phenoxy) is 1. The van der Waals surface area contributed by atoms with Gasteiger partial charge in [-0.25, -0.2) is 4.79 Å². The predicted molar refractivity (Wildman–Crippen MR) is 96.7 cm³/mol. The van der Waals surface area contributed by atoms with Crippen molar-refractivity contribution in [2.75, 3.05) is 6.61 Å². The number of hydrogen-bond donors (Lipinski definition) is 1. The van der Waals surface area contributed by atoms with E-state index in [9.17, 15) is 9.59 Å². The van der Waals surface area contributed by atoms with Gasteiger partial charge in [0.15, 0.2) is 5.76 Å². The molecule has 0 unspecified atom stereocenters. The normalized spacial score (nSPS) is 16.2. The molecule has 0 aliphatic heterocycles. The Labute approximate surface area is 151 Å². The number of carbonyl (C=O) groups is 2. The molecule has 7 nitrogen and oxygen atoms in total. The third kappa shape index (κ3) is 3.33. The minimum Gasteiger partial charge on any atom is -0.463 e. The lowest BCUT2D eigenvalue weighted by Crippen LogP contribution is -2.32. The summed E-state index contributed by atoms with van der Waals surface area (Å²) in [5.74, 6) is -0.430. The molecule has 0 saturated carbocycles. The fraction of sp³-hybridized carbons (Fsp3) is 0.316. The van der Waals surface area contributed by atoms with Crippen molar-refractivity contribution < 1.29 is 18.7 Å². The number of nitrogens with one attached hydrogen (secondary N) is 1. The highest BCUT2D eigenvalue weighted by atomic mass is 16.5. The van der Waals surface area contributed by atoms with Crippen LogP contribution in [0.5, 0.6) is 0 Å². The van der Waals surface area contributed by atoms with E-state index in [1.807, 2.05) is 20.9 Å². The fourth-order valence-electron chi connectivity index (χ4n) is 2.86. The van der Waals surface area contributed by atoms with Crippen molar-refractivity contribution in [2.24, 2.45) is 7.05 Å². The van der Waals surface area contributed by atoms with Crippen molar-refractivity contribution in [3.63, 3.8) is 0 Å². The van der Waals surface area contributed by atoms with Crippen molar-refractivity contribution in [2.45, 2.75) is 26.8 Å². The van der Waals surface area contributed by atoms with Crippen LogP contribution in [0, 0.1) is 13.8 Å². The number of esters is 1. The van der Waals surface area contributed by atoms with Gasteiger partial charge >= 0.3 is 5.97 Å². The number of furan rings is 1. The number of hydrogen-bond acceptors (Lipinski definition) is 5. The number of fused-ring (bicyclic) bond motifs is 1. The van der Waals surface area contributed by atoms with E-state index in [1.54, 1.807) is 35.9 Å². The molecule has 1 N–H and O–H groups in total. The number of allylic oxidation sites excluding steroid dienone is 3. The zero-order chi connectivity index (χ0) is 18.8. The van der Waals surface area contributed by atoms with Gasteiger partial charge in [-0.05, 0) is 26.3 Å². The Kier molecular flexibility index (Phi) is 4.79. The van der Waals surface area contributed by atoms with Crippen LogP contribution in [-0.4, -0.2) is 34.3 Å². The summed E-state index contributed by atoms with van der Waals surface area (Å²) in [6.07, 6.45) is 8.53. The third-order valence-electron chi connectivity index (χ3n) is 4.28. The fourth-order valence-corrected chi connectivity index (χ4v) is 2.86. The Balaban J connectivity index is 1.71. The Morgan fingerprint density at radius 3 is 2.65 bits per heavy atom. The number of aromatic nitrogens is 2. The first-order chi connectivity index (χ1) is 12.4. The molecule has 136 valence electrons. The van der Waals surface area contributed by atoms with Gasteiger partial charge in [0.05, 0.1) is 18.0 Å². The van der Waals surface area contributed by atoms with Crippen LogP contribution in [-0.2, 0) is 16.6 Å². The van der Waals surface area contributed by atoms with E-state index in [4.69, 9.17) is 9.15 Å². The minimum atomic E-state index is -0.389. The van der Waals surface area contributed by atoms with Crippen LogP contribution < -0.4 is 5.32 Å². The summed E-state index contributed by atoms with van der Waals surface area (Å²) in [7, 11) is 1.84. The molecule has 2 heterocycles. The van der Waals surface area contributed by atoms with E-state index in [0.29, 0.717) is 17.9 Å². The molecule has 2 aromatic heterocycles. The lowest BCUT2D eigenvalue weighted by Gasteiger charge is -2.13. The highest BCUT2D eigenvalue weighted by Gasteiger charge is 2.23. The molecular formula is C19H21N3O4. The quantitative estimate of drug-likeness (QED) is 0.673. The van der Waals surface area contributed by atoms with Crippen LogP contribution in [0.4, 0.5) is 0 Å². The third-order valence-corrected chi connectivity index (χ3v) is 4.28. The van der Waals surface area contributed by atoms with Crippen molar-refractivity contribution in [1.82, 2.24) is 15.1 Å². The summed E-state index contributed by atoms with van der Waals surface area (Å²) in [6.45, 7) is 5.87. The molecule has 0 fully saturated rings. The van der Waals surface area contributed by atoms with Crippen LogP contribution in [0.25, 0.3) is 11.1 Å². The van der Waals surface area contributed by atoms with E-state index in [1.165, 1.54) is 6.08 Å². The van der Waals surface area contributed by atoms with Crippen molar-refractivity contribution in [1.29, 1.82) is 0 Å². The lowest BCUT2D eigenvalue weighted by atomic mass is 10.1. The van der Waals surface area contributed by atoms with Crippen LogP contribution in [0.1, 0.15) is 28.7 Å². The molecule has 1 aliphatic rings. The smallest absolute Gasteiger partial charge is 0.331 e. The molecule has 0 spiro atoms. The predicted octanol–water partition coefficient (Wildman–Crippen LogP) is 2.50. The Bertz CT molecular complexity index is 943. The van der Waals surface area contributed by atoms with Crippen LogP contribution >= 0.6 is 0 Å². The highest BCUT2D eigenvalue weighted by molar-refractivity contribution is 5.99. The van der Waals surface area contributed by atoms with E-state index in [2.05, 4.69) is 10.4 Å². The van der Waals surface area contributed by atoms with E-state index in [0.717, 1.165) is 16.6 Å². The van der Waals surface area contributed by atoms with Gasteiger partial charge in [-0.15, -0.1) is 5.10 Å². The van der Waals surface area contributed by atoms with Crippen LogP contribution in [0.3, 0.4) is 0 Å². The molecule has 26 heavy (non-hydrogen) atoms. The SMILES string of the molecule is CCOC(=O)C=C1C=CC(NC(=O)c2oc3nn(C)c(C)c3c2C)C=C1. The van der Waals surface area contributed by atoms with Gasteiger partial charge in [0.2, 0.25) is 5.71 Å². The van der Waals surface area contributed by atoms with Gasteiger partial charge in [-0.1, -0.05) is 24.3 Å². The summed E-state index contributed by atoms with van der Waals surface area (Å²) in [6, 6.07) is -0.286. The standard InChI is InChI=1S/C19H21N3O4/c1-5-25-15(23)10-13-6-8-14(9-7-13)20-18(24)17-11(2)16-12(3)22(4)21-19(16)26-17/h6-10,14H,5H2,1-4H3,(H,20,24). The first-order valence-electron chi connectivity index (χ1n) is 8.39. The molecule has 0 saturated heterocycles. The summed E-state index contributed by atoms with van der Waals surface area (Å²) in [5.41, 5.74) is 2.90. The topological polar surface area (TPSA) is 86.4 Å². The van der Waals surface area contributed by atoms with Gasteiger partial charge in [0, 0.05) is 24.4 Å². The molecular weight excluding hydrogens is 334 g/mol. The summed E-state index contributed by atoms with van der Waals surface area (Å²) in [5, 5.41) is 8.01. The Morgan fingerprint density at radius 2 is 2.04 bits per heavy atom. The second-order valence-corrected chi connectivity index (χ2v) is 6.06. The number of nitrogens with zero attached hydrogens (tertiary/aromatic N) is 2. The highest BCUT2D eigenvalue weighted by Crippen LogP contribution is 2.27. The average molecular weight is 355 g/mol. The maximum absolute atomic E-state index is 12.5. The molecule has 1 amide bonds. The zero-order valence-electron chi connectivity index (χ0n) is 15.2. The van der Waals surface area contributed by atoms with E-state index in [-0.39, 0.29) is 23.7 Å². The van der Waals surface area contributed by atoms with Gasteiger partial charge in [-0.2, -0.15) is 0 Å². The Morgan fingerprint density at radius 1 is 1.35 bits per heavy atom. The molecule has 0 radical (unpaired) electrons. The lowest BCUT2D eigenvalue weighted by molar-refractivity contribution is -0.137. The van der Waals surface area contributed by atoms with E-state index < -0.39 is 0 Å². The maximum Gasteiger partial charge on any atom is 0.331 e. The maximum atomic E-state index is 12.5. The van der Waals surface area contributed by atoms with Crippen molar-refractivity contribution >= 4 is 23.0 Å². The summed E-state index contributed by atoms with van der Waals surface area (Å²) < 4.78 is 12.2. The van der Waals surface area contributed by atoms with Crippen LogP contribution in [0.15, 0.2) is 40.4 Å². The number of rotatable bonds is 4. The number of aryl methyl sites for hydroxylation is 3. The molecule has 0 atom stereocenters. The molecule has 2 aromatic rings. The largest absolute Gasteiger partial charge is 0.463 e. The van der Waals surface area contributed by atoms with E-state index >= 15 is 0 Å². The monoisotopic (exact) mass is 355 g/mol. The molecule has 7 heteroatoms. The van der Waals surface area contributed by atoms with Gasteiger partial charge < -0.3 is 14.5 Å². The second-order valence-electron chi connectivity index (χ2n) is 6.06. The molecule has 0 aromatic carbocycles. The van der Waals surface area contributed by atoms with Gasteiger partial charge in [0.25, 0.3) is 5.91 Å². The Hall–Kier alpha value is -3.09. The first kappa shape index (κ1) is 17.7. The van der Waals surface area contributed by atoms with Crippen LogP contribution in [0.2, 0.25) is 0 Å². The summed E-state index contributed by atoms with van der Waals surface area (Å²) in [4.78, 5) is 24.0. The number of amides is 1. The zero-order valence-corrected chi connectivity index (χ0v) is 15.2. The number of carbonyl (C=O) groups excluding carboxylic acids is 2. The molecule has 3 rings (SSSR count). The van der Waals surface area contributed by atoms with Gasteiger partial charge in [0.1, 0.15) is 0 Å². The van der Waals surface area contributed by atoms with Crippen molar-refractivity contribution in [3.8, 4) is 0 Å².